The van der Waals surface area contributed by atoms with Crippen LogP contribution in [0.25, 0.3) is 0 Å². The standard InChI is InChI=1S/C27H40N2O4/c1-16-21(29-25(33)17-6-10-28-11-7-17)15-22-26(2,3)8-5-9-27(22,4)23(16)24(32)18-12-19(30)14-20(31)13-18/h12-14,16-17,21-23,28,30-31H,5-11,15H2,1-4H3,(H,29,33). The maximum Gasteiger partial charge on any atom is 0.223 e. The number of amides is 1. The predicted molar refractivity (Wildman–Crippen MR) is 128 cm³/mol. The van der Waals surface area contributed by atoms with Crippen molar-refractivity contribution in [1.82, 2.24) is 10.6 Å². The quantitative estimate of drug-likeness (QED) is 0.508. The Morgan fingerprint density at radius 2 is 1.67 bits per heavy atom. The first-order valence-electron chi connectivity index (χ1n) is 12.6. The van der Waals surface area contributed by atoms with Gasteiger partial charge in [-0.05, 0) is 80.0 Å². The van der Waals surface area contributed by atoms with Gasteiger partial charge in [-0.2, -0.15) is 0 Å². The van der Waals surface area contributed by atoms with Crippen molar-refractivity contribution in [3.05, 3.63) is 23.8 Å². The van der Waals surface area contributed by atoms with E-state index < -0.39 is 0 Å². The smallest absolute Gasteiger partial charge is 0.223 e. The van der Waals surface area contributed by atoms with Crippen molar-refractivity contribution in [3.8, 4) is 11.5 Å². The van der Waals surface area contributed by atoms with Gasteiger partial charge in [0.2, 0.25) is 5.91 Å². The van der Waals surface area contributed by atoms with Crippen molar-refractivity contribution in [1.29, 1.82) is 0 Å². The van der Waals surface area contributed by atoms with Gasteiger partial charge in [0.1, 0.15) is 11.5 Å². The average Bonchev–Trinajstić information content (AvgIpc) is 2.74. The first-order chi connectivity index (χ1) is 15.5. The molecule has 1 heterocycles. The number of Topliss-reactive ketones (excluding diaryl/α,β-unsaturated/α-hetero) is 1. The summed E-state index contributed by atoms with van der Waals surface area (Å²) < 4.78 is 0. The van der Waals surface area contributed by atoms with E-state index in [9.17, 15) is 19.8 Å². The Balaban J connectivity index is 1.68. The first kappa shape index (κ1) is 24.1. The Kier molecular flexibility index (Phi) is 6.51. The van der Waals surface area contributed by atoms with Gasteiger partial charge in [0.15, 0.2) is 5.78 Å². The Labute approximate surface area is 197 Å². The van der Waals surface area contributed by atoms with Crippen LogP contribution in [0.15, 0.2) is 18.2 Å². The number of aromatic hydroxyl groups is 2. The van der Waals surface area contributed by atoms with Gasteiger partial charge in [0.25, 0.3) is 0 Å². The van der Waals surface area contributed by atoms with Crippen LogP contribution < -0.4 is 10.6 Å². The summed E-state index contributed by atoms with van der Waals surface area (Å²) >= 11 is 0. The van der Waals surface area contributed by atoms with E-state index in [1.165, 1.54) is 18.2 Å². The zero-order chi connectivity index (χ0) is 24.0. The molecule has 0 bridgehead atoms. The molecule has 3 fully saturated rings. The van der Waals surface area contributed by atoms with E-state index in [4.69, 9.17) is 0 Å². The molecule has 6 nitrogen and oxygen atoms in total. The van der Waals surface area contributed by atoms with Gasteiger partial charge < -0.3 is 20.8 Å². The third-order valence-electron chi connectivity index (χ3n) is 9.14. The van der Waals surface area contributed by atoms with Crippen LogP contribution in [-0.2, 0) is 4.79 Å². The van der Waals surface area contributed by atoms with Crippen LogP contribution in [0.1, 0.15) is 76.6 Å². The minimum Gasteiger partial charge on any atom is -0.508 e. The molecule has 5 atom stereocenters. The zero-order valence-corrected chi connectivity index (χ0v) is 20.5. The summed E-state index contributed by atoms with van der Waals surface area (Å²) in [6.45, 7) is 10.7. The average molecular weight is 457 g/mol. The minimum absolute atomic E-state index is 0.0308. The van der Waals surface area contributed by atoms with Crippen molar-refractivity contribution < 1.29 is 19.8 Å². The van der Waals surface area contributed by atoms with E-state index in [-0.39, 0.29) is 57.8 Å². The van der Waals surface area contributed by atoms with E-state index in [1.807, 2.05) is 0 Å². The molecular formula is C27H40N2O4. The van der Waals surface area contributed by atoms with Crippen molar-refractivity contribution in [2.75, 3.05) is 13.1 Å². The summed E-state index contributed by atoms with van der Waals surface area (Å²) in [5, 5.41) is 26.7. The van der Waals surface area contributed by atoms with Gasteiger partial charge in [-0.25, -0.2) is 0 Å². The first-order valence-corrected chi connectivity index (χ1v) is 12.6. The third kappa shape index (κ3) is 4.51. The molecule has 0 aromatic heterocycles. The van der Waals surface area contributed by atoms with E-state index in [0.717, 1.165) is 51.6 Å². The maximum absolute atomic E-state index is 14.0. The minimum atomic E-state index is -0.296. The zero-order valence-electron chi connectivity index (χ0n) is 20.5. The van der Waals surface area contributed by atoms with Crippen LogP contribution in [0, 0.1) is 34.5 Å². The van der Waals surface area contributed by atoms with Crippen LogP contribution in [-0.4, -0.2) is 41.0 Å². The lowest BCUT2D eigenvalue weighted by Crippen LogP contribution is -2.61. The van der Waals surface area contributed by atoms with Crippen LogP contribution >= 0.6 is 0 Å². The normalized spacial score (nSPS) is 34.3. The fraction of sp³-hybridized carbons (Fsp3) is 0.704. The van der Waals surface area contributed by atoms with Crippen LogP contribution in [0.2, 0.25) is 0 Å². The largest absolute Gasteiger partial charge is 0.508 e. The lowest BCUT2D eigenvalue weighted by atomic mass is 9.45. The summed E-state index contributed by atoms with van der Waals surface area (Å²) in [6.07, 6.45) is 5.76. The number of phenolic OH excluding ortho intramolecular Hbond substituents is 2. The van der Waals surface area contributed by atoms with Crippen molar-refractivity contribution in [2.45, 2.75) is 72.3 Å². The fourth-order valence-corrected chi connectivity index (χ4v) is 7.46. The summed E-state index contributed by atoms with van der Waals surface area (Å²) in [4.78, 5) is 27.1. The number of ketones is 1. The topological polar surface area (TPSA) is 98.7 Å². The van der Waals surface area contributed by atoms with E-state index in [2.05, 4.69) is 38.3 Å². The molecule has 0 spiro atoms. The van der Waals surface area contributed by atoms with Gasteiger partial charge in [0, 0.05) is 29.5 Å². The van der Waals surface area contributed by atoms with Crippen LogP contribution in [0.4, 0.5) is 0 Å². The number of fused-ring (bicyclic) bond motifs is 1. The Hall–Kier alpha value is -2.08. The molecule has 1 aromatic carbocycles. The molecule has 2 saturated carbocycles. The van der Waals surface area contributed by atoms with Crippen LogP contribution in [0.3, 0.4) is 0 Å². The molecule has 4 rings (SSSR count). The molecule has 2 aliphatic carbocycles. The van der Waals surface area contributed by atoms with Gasteiger partial charge in [-0.15, -0.1) is 0 Å². The molecule has 1 saturated heterocycles. The highest BCUT2D eigenvalue weighted by Gasteiger charge is 2.58. The molecule has 3 aliphatic rings. The molecule has 1 amide bonds. The number of carbonyl (C=O) groups excluding carboxylic acids is 2. The molecule has 4 N–H and O–H groups in total. The number of piperidine rings is 1. The van der Waals surface area contributed by atoms with E-state index >= 15 is 0 Å². The molecular weight excluding hydrogens is 416 g/mol. The summed E-state index contributed by atoms with van der Waals surface area (Å²) in [5.41, 5.74) is 0.220. The lowest BCUT2D eigenvalue weighted by Gasteiger charge is -2.60. The van der Waals surface area contributed by atoms with Gasteiger partial charge >= 0.3 is 0 Å². The fourth-order valence-electron chi connectivity index (χ4n) is 7.46. The molecule has 1 aliphatic heterocycles. The van der Waals surface area contributed by atoms with Gasteiger partial charge in [-0.3, -0.25) is 9.59 Å². The van der Waals surface area contributed by atoms with Crippen molar-refractivity contribution >= 4 is 11.7 Å². The summed E-state index contributed by atoms with van der Waals surface area (Å²) in [5.74, 6) is -0.146. The number of hydrogen-bond donors (Lipinski definition) is 4. The molecule has 1 aromatic rings. The van der Waals surface area contributed by atoms with Gasteiger partial charge in [0.05, 0.1) is 0 Å². The van der Waals surface area contributed by atoms with E-state index in [0.29, 0.717) is 11.5 Å². The van der Waals surface area contributed by atoms with E-state index in [1.54, 1.807) is 0 Å². The number of carbonyl (C=O) groups is 2. The second kappa shape index (κ2) is 8.94. The highest BCUT2D eigenvalue weighted by atomic mass is 16.3. The monoisotopic (exact) mass is 456 g/mol. The Morgan fingerprint density at radius 1 is 1.03 bits per heavy atom. The Bertz CT molecular complexity index is 887. The highest BCUT2D eigenvalue weighted by Crippen LogP contribution is 2.61. The molecule has 182 valence electrons. The predicted octanol–water partition coefficient (Wildman–Crippen LogP) is 4.25. The number of phenols is 2. The lowest BCUT2D eigenvalue weighted by molar-refractivity contribution is -0.131. The number of rotatable bonds is 4. The molecule has 33 heavy (non-hydrogen) atoms. The molecule has 5 unspecified atom stereocenters. The number of nitrogens with one attached hydrogen (secondary N) is 2. The highest BCUT2D eigenvalue weighted by molar-refractivity contribution is 5.99. The number of benzene rings is 1. The van der Waals surface area contributed by atoms with Crippen molar-refractivity contribution in [3.63, 3.8) is 0 Å². The second-order valence-electron chi connectivity index (χ2n) is 11.7. The second-order valence-corrected chi connectivity index (χ2v) is 11.7. The summed E-state index contributed by atoms with van der Waals surface area (Å²) in [6, 6.07) is 4.09. The number of hydrogen-bond acceptors (Lipinski definition) is 5. The SMILES string of the molecule is CC1C(NC(=O)C2CCNCC2)CC2C(C)(C)CCCC2(C)C1C(=O)c1cc(O)cc(O)c1. The Morgan fingerprint density at radius 3 is 2.30 bits per heavy atom. The molecule has 0 radical (unpaired) electrons. The van der Waals surface area contributed by atoms with Gasteiger partial charge in [-0.1, -0.05) is 34.1 Å². The molecule has 6 heteroatoms. The summed E-state index contributed by atoms with van der Waals surface area (Å²) in [7, 11) is 0. The van der Waals surface area contributed by atoms with Crippen LogP contribution in [0.5, 0.6) is 11.5 Å². The van der Waals surface area contributed by atoms with Crippen molar-refractivity contribution in [2.24, 2.45) is 34.5 Å². The third-order valence-corrected chi connectivity index (χ3v) is 9.14. The maximum atomic E-state index is 14.0.